The number of nitrogens with zero attached hydrogens (tertiary/aromatic N) is 1. The van der Waals surface area contributed by atoms with E-state index in [1.54, 1.807) is 0 Å². The summed E-state index contributed by atoms with van der Waals surface area (Å²) in [4.78, 5) is 26.8. The Morgan fingerprint density at radius 3 is 2.55 bits per heavy atom. The van der Waals surface area contributed by atoms with Crippen LogP contribution in [-0.4, -0.2) is 46.7 Å². The molecule has 160 valence electrons. The quantitative estimate of drug-likeness (QED) is 0.776. The van der Waals surface area contributed by atoms with Crippen LogP contribution in [0.15, 0.2) is 30.3 Å². The molecule has 3 rings (SSSR count). The highest BCUT2D eigenvalue weighted by Crippen LogP contribution is 2.40. The molecule has 8 heteroatoms. The van der Waals surface area contributed by atoms with Crippen molar-refractivity contribution in [2.24, 2.45) is 11.8 Å². The molecule has 2 aliphatic rings. The van der Waals surface area contributed by atoms with Crippen LogP contribution in [0.3, 0.4) is 0 Å². The fourth-order valence-corrected chi connectivity index (χ4v) is 4.51. The number of aliphatic carboxylic acids is 1. The number of carbonyl (C=O) groups excluding carboxylic acids is 1. The molecule has 0 aromatic heterocycles. The number of amides is 1. The number of alkyl halides is 3. The summed E-state index contributed by atoms with van der Waals surface area (Å²) in [6, 6.07) is 9.63. The SMILES string of the molecule is O=C(N[C@]1(C(=O)O)CCCN(Cc2ccccc2)C1)[C@H]1CCC[C@H](C(F)(F)F)C1. The Labute approximate surface area is 168 Å². The summed E-state index contributed by atoms with van der Waals surface area (Å²) in [5.41, 5.74) is -0.421. The van der Waals surface area contributed by atoms with Crippen molar-refractivity contribution >= 4 is 11.9 Å². The summed E-state index contributed by atoms with van der Waals surface area (Å²) in [5, 5.41) is 12.5. The topological polar surface area (TPSA) is 69.6 Å². The smallest absolute Gasteiger partial charge is 0.391 e. The van der Waals surface area contributed by atoms with Crippen molar-refractivity contribution in [1.29, 1.82) is 0 Å². The fourth-order valence-electron chi connectivity index (χ4n) is 4.51. The zero-order valence-corrected chi connectivity index (χ0v) is 16.3. The predicted octanol–water partition coefficient (Wildman–Crippen LogP) is 3.59. The molecule has 0 radical (unpaired) electrons. The van der Waals surface area contributed by atoms with Gasteiger partial charge in [0.05, 0.1) is 5.92 Å². The van der Waals surface area contributed by atoms with Crippen LogP contribution in [0.5, 0.6) is 0 Å². The summed E-state index contributed by atoms with van der Waals surface area (Å²) >= 11 is 0. The maximum Gasteiger partial charge on any atom is 0.391 e. The van der Waals surface area contributed by atoms with Crippen molar-refractivity contribution in [2.45, 2.75) is 56.8 Å². The second-order valence-corrected chi connectivity index (χ2v) is 8.28. The molecule has 3 atom stereocenters. The number of nitrogens with one attached hydrogen (secondary N) is 1. The predicted molar refractivity (Wildman–Crippen MR) is 101 cm³/mol. The zero-order valence-electron chi connectivity index (χ0n) is 16.3. The van der Waals surface area contributed by atoms with Crippen molar-refractivity contribution < 1.29 is 27.9 Å². The van der Waals surface area contributed by atoms with Gasteiger partial charge < -0.3 is 10.4 Å². The van der Waals surface area contributed by atoms with Crippen molar-refractivity contribution in [1.82, 2.24) is 10.2 Å². The first kappa shape index (κ1) is 21.6. The second-order valence-electron chi connectivity index (χ2n) is 8.28. The van der Waals surface area contributed by atoms with Crippen LogP contribution in [0.25, 0.3) is 0 Å². The number of hydrogen-bond acceptors (Lipinski definition) is 3. The molecule has 0 bridgehead atoms. The first-order valence-electron chi connectivity index (χ1n) is 10.1. The first-order chi connectivity index (χ1) is 13.7. The van der Waals surface area contributed by atoms with Gasteiger partial charge in [-0.2, -0.15) is 13.2 Å². The number of carboxylic acid groups (broad SMARTS) is 1. The first-order valence-corrected chi connectivity index (χ1v) is 10.1. The number of halogens is 3. The average molecular weight is 412 g/mol. The van der Waals surface area contributed by atoms with E-state index in [-0.39, 0.29) is 25.8 Å². The maximum absolute atomic E-state index is 13.1. The zero-order chi connectivity index (χ0) is 21.1. The number of carboxylic acids is 1. The molecule has 1 saturated carbocycles. The van der Waals surface area contributed by atoms with Crippen molar-refractivity contribution in [3.63, 3.8) is 0 Å². The minimum Gasteiger partial charge on any atom is -0.479 e. The van der Waals surface area contributed by atoms with Crippen LogP contribution in [-0.2, 0) is 16.1 Å². The molecule has 5 nitrogen and oxygen atoms in total. The van der Waals surface area contributed by atoms with Gasteiger partial charge in [-0.3, -0.25) is 9.69 Å². The molecule has 1 saturated heterocycles. The molecule has 1 aliphatic heterocycles. The van der Waals surface area contributed by atoms with Crippen molar-refractivity contribution in [3.05, 3.63) is 35.9 Å². The summed E-state index contributed by atoms with van der Waals surface area (Å²) < 4.78 is 39.2. The molecule has 0 spiro atoms. The Kier molecular flexibility index (Phi) is 6.51. The third-order valence-corrected chi connectivity index (χ3v) is 6.10. The van der Waals surface area contributed by atoms with E-state index in [4.69, 9.17) is 0 Å². The standard InChI is InChI=1S/C21H27F3N2O3/c22-21(23,24)17-9-4-8-16(12-17)18(27)25-20(19(28)29)10-5-11-26(14-20)13-15-6-2-1-3-7-15/h1-3,6-7,16-17H,4-5,8-14H2,(H,25,27)(H,28,29)/t16-,17-,20+/m0/s1. The average Bonchev–Trinajstić information content (AvgIpc) is 2.68. The van der Waals surface area contributed by atoms with E-state index in [9.17, 15) is 27.9 Å². The van der Waals surface area contributed by atoms with Gasteiger partial charge >= 0.3 is 12.1 Å². The number of carbonyl (C=O) groups is 2. The summed E-state index contributed by atoms with van der Waals surface area (Å²) in [5.74, 6) is -3.99. The molecule has 2 N–H and O–H groups in total. The lowest BCUT2D eigenvalue weighted by atomic mass is 9.79. The van der Waals surface area contributed by atoms with Crippen molar-refractivity contribution in [2.75, 3.05) is 13.1 Å². The molecule has 1 heterocycles. The molecular weight excluding hydrogens is 385 g/mol. The number of rotatable bonds is 5. The monoisotopic (exact) mass is 412 g/mol. The van der Waals surface area contributed by atoms with Gasteiger partial charge in [0, 0.05) is 19.0 Å². The molecule has 1 aromatic rings. The lowest BCUT2D eigenvalue weighted by Crippen LogP contribution is -2.64. The lowest BCUT2D eigenvalue weighted by molar-refractivity contribution is -0.186. The Hall–Kier alpha value is -2.09. The molecule has 1 aromatic carbocycles. The normalized spacial score (nSPS) is 28.7. The fraction of sp³-hybridized carbons (Fsp3) is 0.619. The number of hydrogen-bond donors (Lipinski definition) is 2. The molecule has 29 heavy (non-hydrogen) atoms. The van der Waals surface area contributed by atoms with E-state index in [1.807, 2.05) is 35.2 Å². The van der Waals surface area contributed by atoms with Gasteiger partial charge in [0.1, 0.15) is 0 Å². The van der Waals surface area contributed by atoms with E-state index < -0.39 is 35.4 Å². The van der Waals surface area contributed by atoms with Crippen LogP contribution >= 0.6 is 0 Å². The minimum atomic E-state index is -4.32. The van der Waals surface area contributed by atoms with Gasteiger partial charge in [-0.05, 0) is 44.2 Å². The molecule has 0 unspecified atom stereocenters. The van der Waals surface area contributed by atoms with E-state index >= 15 is 0 Å². The number of benzene rings is 1. The van der Waals surface area contributed by atoms with E-state index in [0.29, 0.717) is 32.4 Å². The second kappa shape index (κ2) is 8.73. The molecule has 1 aliphatic carbocycles. The third kappa shape index (κ3) is 5.29. The Bertz CT molecular complexity index is 726. The van der Waals surface area contributed by atoms with Gasteiger partial charge in [-0.15, -0.1) is 0 Å². The largest absolute Gasteiger partial charge is 0.479 e. The van der Waals surface area contributed by atoms with Crippen LogP contribution in [0.4, 0.5) is 13.2 Å². The van der Waals surface area contributed by atoms with Crippen LogP contribution in [0, 0.1) is 11.8 Å². The summed E-state index contributed by atoms with van der Waals surface area (Å²) in [7, 11) is 0. The Balaban J connectivity index is 1.68. The highest BCUT2D eigenvalue weighted by molar-refractivity contribution is 5.88. The van der Waals surface area contributed by atoms with Gasteiger partial charge in [-0.25, -0.2) is 4.79 Å². The maximum atomic E-state index is 13.1. The molecule has 2 fully saturated rings. The van der Waals surface area contributed by atoms with Gasteiger partial charge in [-0.1, -0.05) is 36.8 Å². The Morgan fingerprint density at radius 1 is 1.17 bits per heavy atom. The van der Waals surface area contributed by atoms with Crippen LogP contribution in [0.1, 0.15) is 44.1 Å². The van der Waals surface area contributed by atoms with E-state index in [1.165, 1.54) is 0 Å². The Morgan fingerprint density at radius 2 is 1.90 bits per heavy atom. The summed E-state index contributed by atoms with van der Waals surface area (Å²) in [6.45, 7) is 1.41. The molecule has 1 amide bonds. The summed E-state index contributed by atoms with van der Waals surface area (Å²) in [6.07, 6.45) is -3.00. The van der Waals surface area contributed by atoms with E-state index in [2.05, 4.69) is 5.32 Å². The van der Waals surface area contributed by atoms with Crippen molar-refractivity contribution in [3.8, 4) is 0 Å². The third-order valence-electron chi connectivity index (χ3n) is 6.10. The molecular formula is C21H27F3N2O3. The van der Waals surface area contributed by atoms with Gasteiger partial charge in [0.25, 0.3) is 0 Å². The van der Waals surface area contributed by atoms with E-state index in [0.717, 1.165) is 5.56 Å². The lowest BCUT2D eigenvalue weighted by Gasteiger charge is -2.41. The van der Waals surface area contributed by atoms with Gasteiger partial charge in [0.2, 0.25) is 5.91 Å². The highest BCUT2D eigenvalue weighted by atomic mass is 19.4. The van der Waals surface area contributed by atoms with Crippen LogP contribution < -0.4 is 5.32 Å². The highest BCUT2D eigenvalue weighted by Gasteiger charge is 2.47. The van der Waals surface area contributed by atoms with Gasteiger partial charge in [0.15, 0.2) is 5.54 Å². The number of likely N-dealkylation sites (tertiary alicyclic amines) is 1. The number of piperidine rings is 1. The minimum absolute atomic E-state index is 0.0300. The van der Waals surface area contributed by atoms with Crippen LogP contribution in [0.2, 0.25) is 0 Å².